The Labute approximate surface area is 98.7 Å². The zero-order valence-electron chi connectivity index (χ0n) is 8.20. The molecule has 0 atom stereocenters. The van der Waals surface area contributed by atoms with Crippen molar-refractivity contribution in [2.75, 3.05) is 5.73 Å². The van der Waals surface area contributed by atoms with Crippen molar-refractivity contribution < 1.29 is 8.78 Å². The Morgan fingerprint density at radius 3 is 2.38 bits per heavy atom. The van der Waals surface area contributed by atoms with Gasteiger partial charge in [-0.3, -0.25) is 0 Å². The van der Waals surface area contributed by atoms with Crippen molar-refractivity contribution in [1.82, 2.24) is 10.2 Å². The summed E-state index contributed by atoms with van der Waals surface area (Å²) in [6, 6.07) is 2.17. The summed E-state index contributed by atoms with van der Waals surface area (Å²) in [7, 11) is 0. The van der Waals surface area contributed by atoms with Gasteiger partial charge >= 0.3 is 0 Å². The van der Waals surface area contributed by atoms with Gasteiger partial charge in [-0.1, -0.05) is 23.1 Å². The summed E-state index contributed by atoms with van der Waals surface area (Å²) in [5.74, 6) is -1.37. The molecule has 0 saturated carbocycles. The van der Waals surface area contributed by atoms with Crippen LogP contribution in [0.4, 0.5) is 14.5 Å². The number of aryl methyl sites for hydroxylation is 1. The zero-order chi connectivity index (χ0) is 11.7. The topological polar surface area (TPSA) is 51.8 Å². The standard InChI is InChI=1S/C9H7F2N3S2/c1-4-13-14-9(15-4)16-8-6(10)2-5(12)3-7(8)11/h2-3H,12H2,1H3. The third-order valence-electron chi connectivity index (χ3n) is 1.72. The van der Waals surface area contributed by atoms with Crippen LogP contribution in [0, 0.1) is 18.6 Å². The fraction of sp³-hybridized carbons (Fsp3) is 0.111. The van der Waals surface area contributed by atoms with Crippen LogP contribution in [0.3, 0.4) is 0 Å². The fourth-order valence-electron chi connectivity index (χ4n) is 1.08. The van der Waals surface area contributed by atoms with Gasteiger partial charge in [-0.25, -0.2) is 8.78 Å². The van der Waals surface area contributed by atoms with E-state index in [0.29, 0.717) is 4.34 Å². The average Bonchev–Trinajstić information content (AvgIpc) is 2.58. The molecular weight excluding hydrogens is 252 g/mol. The van der Waals surface area contributed by atoms with Crippen LogP contribution in [0.2, 0.25) is 0 Å². The molecule has 7 heteroatoms. The molecule has 0 amide bonds. The fourth-order valence-corrected chi connectivity index (χ4v) is 2.85. The number of anilines is 1. The van der Waals surface area contributed by atoms with Crippen molar-refractivity contribution in [3.8, 4) is 0 Å². The highest BCUT2D eigenvalue weighted by Crippen LogP contribution is 2.34. The molecule has 0 saturated heterocycles. The lowest BCUT2D eigenvalue weighted by Gasteiger charge is -2.02. The molecule has 0 aliphatic rings. The summed E-state index contributed by atoms with van der Waals surface area (Å²) >= 11 is 2.19. The van der Waals surface area contributed by atoms with Gasteiger partial charge < -0.3 is 5.73 Å². The number of benzene rings is 1. The highest BCUT2D eigenvalue weighted by atomic mass is 32.2. The summed E-state index contributed by atoms with van der Waals surface area (Å²) in [5, 5.41) is 8.30. The van der Waals surface area contributed by atoms with Crippen LogP contribution in [0.25, 0.3) is 0 Å². The Balaban J connectivity index is 2.34. The Morgan fingerprint density at radius 1 is 1.25 bits per heavy atom. The summed E-state index contributed by atoms with van der Waals surface area (Å²) in [4.78, 5) is -0.106. The zero-order valence-corrected chi connectivity index (χ0v) is 9.83. The minimum absolute atomic E-state index is 0.0628. The van der Waals surface area contributed by atoms with Gasteiger partial charge in [-0.2, -0.15) is 0 Å². The summed E-state index contributed by atoms with van der Waals surface area (Å²) in [6.45, 7) is 1.78. The van der Waals surface area contributed by atoms with E-state index in [1.165, 1.54) is 11.3 Å². The smallest absolute Gasteiger partial charge is 0.179 e. The van der Waals surface area contributed by atoms with Crippen molar-refractivity contribution in [2.24, 2.45) is 0 Å². The highest BCUT2D eigenvalue weighted by molar-refractivity contribution is 8.01. The second kappa shape index (κ2) is 4.34. The molecule has 1 aromatic heterocycles. The summed E-state index contributed by atoms with van der Waals surface area (Å²) in [6.07, 6.45) is 0. The maximum absolute atomic E-state index is 13.4. The lowest BCUT2D eigenvalue weighted by atomic mass is 10.3. The molecule has 1 aromatic carbocycles. The number of hydrogen-bond acceptors (Lipinski definition) is 5. The van der Waals surface area contributed by atoms with Crippen molar-refractivity contribution in [1.29, 1.82) is 0 Å². The van der Waals surface area contributed by atoms with Crippen LogP contribution >= 0.6 is 23.1 Å². The molecule has 2 rings (SSSR count). The summed E-state index contributed by atoms with van der Waals surface area (Å²) < 4.78 is 27.3. The van der Waals surface area contributed by atoms with Gasteiger partial charge in [0.15, 0.2) is 4.34 Å². The maximum atomic E-state index is 13.4. The first-order chi connectivity index (χ1) is 7.56. The molecule has 3 nitrogen and oxygen atoms in total. The molecular formula is C9H7F2N3S2. The lowest BCUT2D eigenvalue weighted by molar-refractivity contribution is 0.542. The third kappa shape index (κ3) is 2.30. The molecule has 0 fully saturated rings. The highest BCUT2D eigenvalue weighted by Gasteiger charge is 2.14. The Morgan fingerprint density at radius 2 is 1.88 bits per heavy atom. The SMILES string of the molecule is Cc1nnc(Sc2c(F)cc(N)cc2F)s1. The number of rotatable bonds is 2. The van der Waals surface area contributed by atoms with Crippen LogP contribution < -0.4 is 5.73 Å². The Kier molecular flexibility index (Phi) is 3.06. The molecule has 1 heterocycles. The van der Waals surface area contributed by atoms with Gasteiger partial charge in [0.1, 0.15) is 16.6 Å². The van der Waals surface area contributed by atoms with E-state index in [2.05, 4.69) is 10.2 Å². The van der Waals surface area contributed by atoms with Gasteiger partial charge in [0.05, 0.1) is 4.90 Å². The number of nitrogens with zero attached hydrogens (tertiary/aromatic N) is 2. The van der Waals surface area contributed by atoms with E-state index >= 15 is 0 Å². The molecule has 2 aromatic rings. The molecule has 0 radical (unpaired) electrons. The molecule has 0 unspecified atom stereocenters. The minimum atomic E-state index is -0.685. The molecule has 0 spiro atoms. The molecule has 0 aliphatic carbocycles. The average molecular weight is 259 g/mol. The van der Waals surface area contributed by atoms with Crippen LogP contribution in [-0.4, -0.2) is 10.2 Å². The van der Waals surface area contributed by atoms with E-state index in [-0.39, 0.29) is 10.6 Å². The lowest BCUT2D eigenvalue weighted by Crippen LogP contribution is -1.92. The molecule has 2 N–H and O–H groups in total. The third-order valence-corrected chi connectivity index (χ3v) is 3.70. The van der Waals surface area contributed by atoms with Gasteiger partial charge in [0, 0.05) is 5.69 Å². The van der Waals surface area contributed by atoms with Gasteiger partial charge in [0.2, 0.25) is 0 Å². The number of halogens is 2. The van der Waals surface area contributed by atoms with E-state index in [4.69, 9.17) is 5.73 Å². The predicted molar refractivity (Wildman–Crippen MR) is 59.5 cm³/mol. The van der Waals surface area contributed by atoms with E-state index in [0.717, 1.165) is 28.9 Å². The summed E-state index contributed by atoms with van der Waals surface area (Å²) in [5.41, 5.74) is 5.37. The largest absolute Gasteiger partial charge is 0.399 e. The van der Waals surface area contributed by atoms with Gasteiger partial charge in [-0.05, 0) is 19.1 Å². The predicted octanol–water partition coefficient (Wildman–Crippen LogP) is 2.86. The van der Waals surface area contributed by atoms with E-state index in [1.807, 2.05) is 0 Å². The maximum Gasteiger partial charge on any atom is 0.179 e. The van der Waals surface area contributed by atoms with E-state index in [9.17, 15) is 8.78 Å². The second-order valence-electron chi connectivity index (χ2n) is 3.00. The number of hydrogen-bond donors (Lipinski definition) is 1. The number of nitrogen functional groups attached to an aromatic ring is 1. The monoisotopic (exact) mass is 259 g/mol. The Bertz CT molecular complexity index is 504. The number of aromatic nitrogens is 2. The first kappa shape index (κ1) is 11.3. The van der Waals surface area contributed by atoms with Gasteiger partial charge in [-0.15, -0.1) is 10.2 Å². The van der Waals surface area contributed by atoms with E-state index in [1.54, 1.807) is 6.92 Å². The molecule has 0 aliphatic heterocycles. The van der Waals surface area contributed by atoms with Crippen LogP contribution in [0.5, 0.6) is 0 Å². The quantitative estimate of drug-likeness (QED) is 0.843. The van der Waals surface area contributed by atoms with Crippen molar-refractivity contribution in [3.63, 3.8) is 0 Å². The van der Waals surface area contributed by atoms with Crippen LogP contribution in [-0.2, 0) is 0 Å². The Hall–Kier alpha value is -1.21. The van der Waals surface area contributed by atoms with E-state index < -0.39 is 11.6 Å². The van der Waals surface area contributed by atoms with Gasteiger partial charge in [0.25, 0.3) is 0 Å². The minimum Gasteiger partial charge on any atom is -0.399 e. The van der Waals surface area contributed by atoms with Crippen molar-refractivity contribution in [2.45, 2.75) is 16.2 Å². The molecule has 0 bridgehead atoms. The van der Waals surface area contributed by atoms with Crippen LogP contribution in [0.15, 0.2) is 21.4 Å². The second-order valence-corrected chi connectivity index (χ2v) is 5.44. The van der Waals surface area contributed by atoms with Crippen LogP contribution in [0.1, 0.15) is 5.01 Å². The molecule has 84 valence electrons. The molecule has 16 heavy (non-hydrogen) atoms. The van der Waals surface area contributed by atoms with Crippen molar-refractivity contribution in [3.05, 3.63) is 28.8 Å². The first-order valence-electron chi connectivity index (χ1n) is 4.29. The van der Waals surface area contributed by atoms with Crippen molar-refractivity contribution >= 4 is 28.8 Å². The number of nitrogens with two attached hydrogens (primary N) is 1. The first-order valence-corrected chi connectivity index (χ1v) is 5.92. The normalized spacial score (nSPS) is 10.7.